The van der Waals surface area contributed by atoms with E-state index >= 15 is 0 Å². The summed E-state index contributed by atoms with van der Waals surface area (Å²) in [5.74, 6) is 0.455. The standard InChI is InChI=1S/C12H18N4O2/c1-9-3-2-6-15(11(9)7-13)10-4-5-14-8-12(10)16(17)18/h4-5,8-9,11H,2-3,6-7,13H2,1H3. The van der Waals surface area contributed by atoms with E-state index in [1.807, 2.05) is 0 Å². The van der Waals surface area contributed by atoms with Gasteiger partial charge in [-0.05, 0) is 24.8 Å². The van der Waals surface area contributed by atoms with E-state index in [2.05, 4.69) is 16.8 Å². The van der Waals surface area contributed by atoms with Crippen LogP contribution in [0.4, 0.5) is 11.4 Å². The number of pyridine rings is 1. The molecule has 98 valence electrons. The predicted octanol–water partition coefficient (Wildman–Crippen LogP) is 1.55. The summed E-state index contributed by atoms with van der Waals surface area (Å²) >= 11 is 0. The molecule has 1 saturated heterocycles. The Kier molecular flexibility index (Phi) is 3.76. The van der Waals surface area contributed by atoms with Crippen LogP contribution in [-0.4, -0.2) is 29.0 Å². The van der Waals surface area contributed by atoms with Gasteiger partial charge < -0.3 is 10.6 Å². The molecule has 0 aliphatic carbocycles. The van der Waals surface area contributed by atoms with Gasteiger partial charge in [-0.2, -0.15) is 0 Å². The van der Waals surface area contributed by atoms with Crippen LogP contribution in [0, 0.1) is 16.0 Å². The first-order valence-electron chi connectivity index (χ1n) is 6.20. The van der Waals surface area contributed by atoms with Crippen molar-refractivity contribution >= 4 is 11.4 Å². The summed E-state index contributed by atoms with van der Waals surface area (Å²) in [4.78, 5) is 16.6. The molecule has 1 aliphatic heterocycles. The Morgan fingerprint density at radius 1 is 1.67 bits per heavy atom. The lowest BCUT2D eigenvalue weighted by Gasteiger charge is -2.40. The summed E-state index contributed by atoms with van der Waals surface area (Å²) < 4.78 is 0. The molecule has 2 rings (SSSR count). The highest BCUT2D eigenvalue weighted by atomic mass is 16.6. The van der Waals surface area contributed by atoms with Crippen LogP contribution in [0.15, 0.2) is 18.5 Å². The van der Waals surface area contributed by atoms with Gasteiger partial charge in [-0.15, -0.1) is 0 Å². The summed E-state index contributed by atoms with van der Waals surface area (Å²) in [6, 6.07) is 1.87. The zero-order chi connectivity index (χ0) is 13.1. The maximum absolute atomic E-state index is 11.0. The van der Waals surface area contributed by atoms with Gasteiger partial charge in [0.05, 0.1) is 4.92 Å². The van der Waals surface area contributed by atoms with Crippen molar-refractivity contribution < 1.29 is 4.92 Å². The molecule has 6 nitrogen and oxygen atoms in total. The fourth-order valence-corrected chi connectivity index (χ4v) is 2.67. The van der Waals surface area contributed by atoms with Crippen LogP contribution >= 0.6 is 0 Å². The molecule has 1 aliphatic rings. The van der Waals surface area contributed by atoms with Gasteiger partial charge in [-0.3, -0.25) is 15.1 Å². The molecule has 0 saturated carbocycles. The number of hydrogen-bond acceptors (Lipinski definition) is 5. The van der Waals surface area contributed by atoms with E-state index in [0.717, 1.165) is 19.4 Å². The molecule has 1 aromatic heterocycles. The van der Waals surface area contributed by atoms with Gasteiger partial charge in [0, 0.05) is 25.3 Å². The van der Waals surface area contributed by atoms with Crippen molar-refractivity contribution in [3.05, 3.63) is 28.6 Å². The number of nitrogens with two attached hydrogens (primary N) is 1. The molecule has 6 heteroatoms. The highest BCUT2D eigenvalue weighted by Crippen LogP contribution is 2.33. The first-order chi connectivity index (χ1) is 8.65. The van der Waals surface area contributed by atoms with E-state index in [9.17, 15) is 10.1 Å². The van der Waals surface area contributed by atoms with Crippen molar-refractivity contribution in [2.45, 2.75) is 25.8 Å². The van der Waals surface area contributed by atoms with Crippen LogP contribution in [0.25, 0.3) is 0 Å². The van der Waals surface area contributed by atoms with Gasteiger partial charge in [0.15, 0.2) is 0 Å². The molecule has 2 unspecified atom stereocenters. The lowest BCUT2D eigenvalue weighted by molar-refractivity contribution is -0.384. The minimum absolute atomic E-state index is 0.0602. The first kappa shape index (κ1) is 12.8. The number of aromatic nitrogens is 1. The molecule has 18 heavy (non-hydrogen) atoms. The zero-order valence-electron chi connectivity index (χ0n) is 10.5. The fraction of sp³-hybridized carbons (Fsp3) is 0.583. The van der Waals surface area contributed by atoms with Crippen LogP contribution in [-0.2, 0) is 0 Å². The third kappa shape index (κ3) is 2.28. The van der Waals surface area contributed by atoms with E-state index in [1.54, 1.807) is 12.3 Å². The topological polar surface area (TPSA) is 85.3 Å². The third-order valence-electron chi connectivity index (χ3n) is 3.64. The van der Waals surface area contributed by atoms with Crippen molar-refractivity contribution in [2.24, 2.45) is 11.7 Å². The predicted molar refractivity (Wildman–Crippen MR) is 69.5 cm³/mol. The summed E-state index contributed by atoms with van der Waals surface area (Å²) in [5.41, 5.74) is 6.52. The van der Waals surface area contributed by atoms with Gasteiger partial charge in [0.1, 0.15) is 11.9 Å². The second-order valence-corrected chi connectivity index (χ2v) is 4.74. The highest BCUT2D eigenvalue weighted by molar-refractivity contribution is 5.62. The number of anilines is 1. The molecular weight excluding hydrogens is 232 g/mol. The highest BCUT2D eigenvalue weighted by Gasteiger charge is 2.31. The lowest BCUT2D eigenvalue weighted by atomic mass is 9.90. The Bertz CT molecular complexity index is 438. The van der Waals surface area contributed by atoms with Gasteiger partial charge in [0.25, 0.3) is 0 Å². The lowest BCUT2D eigenvalue weighted by Crippen LogP contribution is -2.49. The number of nitrogens with zero attached hydrogens (tertiary/aromatic N) is 3. The SMILES string of the molecule is CC1CCCN(c2ccncc2[N+](=O)[O-])C1CN. The Hall–Kier alpha value is -1.69. The molecule has 1 aromatic rings. The molecule has 0 radical (unpaired) electrons. The molecule has 2 heterocycles. The summed E-state index contributed by atoms with van der Waals surface area (Å²) in [5, 5.41) is 11.0. The van der Waals surface area contributed by atoms with E-state index in [4.69, 9.17) is 5.73 Å². The van der Waals surface area contributed by atoms with Crippen LogP contribution in [0.2, 0.25) is 0 Å². The van der Waals surface area contributed by atoms with E-state index in [-0.39, 0.29) is 16.7 Å². The van der Waals surface area contributed by atoms with Crippen LogP contribution in [0.3, 0.4) is 0 Å². The minimum Gasteiger partial charge on any atom is -0.361 e. The first-order valence-corrected chi connectivity index (χ1v) is 6.20. The monoisotopic (exact) mass is 250 g/mol. The number of nitro groups is 1. The van der Waals surface area contributed by atoms with Gasteiger partial charge in [-0.1, -0.05) is 6.92 Å². The normalized spacial score (nSPS) is 24.0. The summed E-state index contributed by atoms with van der Waals surface area (Å²) in [7, 11) is 0. The smallest absolute Gasteiger partial charge is 0.310 e. The molecule has 2 atom stereocenters. The Morgan fingerprint density at radius 2 is 2.44 bits per heavy atom. The molecule has 0 spiro atoms. The number of hydrogen-bond donors (Lipinski definition) is 1. The Balaban J connectivity index is 2.37. The van der Waals surface area contributed by atoms with Gasteiger partial charge in [0.2, 0.25) is 0 Å². The second-order valence-electron chi connectivity index (χ2n) is 4.74. The minimum atomic E-state index is -0.380. The molecule has 2 N–H and O–H groups in total. The molecular formula is C12H18N4O2. The van der Waals surface area contributed by atoms with E-state index in [1.165, 1.54) is 6.20 Å². The Morgan fingerprint density at radius 3 is 3.11 bits per heavy atom. The molecule has 0 aromatic carbocycles. The third-order valence-corrected chi connectivity index (χ3v) is 3.64. The molecule has 1 fully saturated rings. The summed E-state index contributed by atoms with van der Waals surface area (Å²) in [6.45, 7) is 3.48. The van der Waals surface area contributed by atoms with Crippen LogP contribution in [0.1, 0.15) is 19.8 Å². The quantitative estimate of drug-likeness (QED) is 0.650. The van der Waals surface area contributed by atoms with E-state index in [0.29, 0.717) is 18.2 Å². The van der Waals surface area contributed by atoms with Crippen LogP contribution in [0.5, 0.6) is 0 Å². The van der Waals surface area contributed by atoms with Crippen LogP contribution < -0.4 is 10.6 Å². The van der Waals surface area contributed by atoms with Crippen molar-refractivity contribution in [3.63, 3.8) is 0 Å². The van der Waals surface area contributed by atoms with Gasteiger partial charge >= 0.3 is 5.69 Å². The maximum Gasteiger partial charge on any atom is 0.310 e. The average Bonchev–Trinajstić information content (AvgIpc) is 2.38. The van der Waals surface area contributed by atoms with Crippen molar-refractivity contribution in [1.29, 1.82) is 0 Å². The maximum atomic E-state index is 11.0. The summed E-state index contributed by atoms with van der Waals surface area (Å²) in [6.07, 6.45) is 5.06. The number of rotatable bonds is 3. The average molecular weight is 250 g/mol. The molecule has 0 amide bonds. The van der Waals surface area contributed by atoms with Crippen molar-refractivity contribution in [3.8, 4) is 0 Å². The van der Waals surface area contributed by atoms with Crippen molar-refractivity contribution in [1.82, 2.24) is 4.98 Å². The van der Waals surface area contributed by atoms with Crippen molar-refractivity contribution in [2.75, 3.05) is 18.0 Å². The largest absolute Gasteiger partial charge is 0.361 e. The fourth-order valence-electron chi connectivity index (χ4n) is 2.67. The van der Waals surface area contributed by atoms with Gasteiger partial charge in [-0.25, -0.2) is 0 Å². The van der Waals surface area contributed by atoms with E-state index < -0.39 is 0 Å². The molecule has 0 bridgehead atoms. The second kappa shape index (κ2) is 5.30. The zero-order valence-corrected chi connectivity index (χ0v) is 10.5. The number of piperidine rings is 1. The Labute approximate surface area is 106 Å².